The molecule has 13 heteroatoms. The van der Waals surface area contributed by atoms with E-state index in [-0.39, 0.29) is 57.3 Å². The average Bonchev–Trinajstić information content (AvgIpc) is 3.45. The van der Waals surface area contributed by atoms with Crippen molar-refractivity contribution in [1.29, 1.82) is 5.26 Å². The largest absolute Gasteiger partial charge is 0.495 e. The lowest BCUT2D eigenvalue weighted by molar-refractivity contribution is -0.126. The number of pyridine rings is 1. The van der Waals surface area contributed by atoms with Crippen LogP contribution in [0.4, 0.5) is 5.95 Å². The lowest BCUT2D eigenvalue weighted by Gasteiger charge is -2.19. The van der Waals surface area contributed by atoms with Gasteiger partial charge >= 0.3 is 0 Å². The molecule has 1 N–H and O–H groups in total. The van der Waals surface area contributed by atoms with Crippen molar-refractivity contribution in [1.82, 2.24) is 19.4 Å². The minimum atomic E-state index is -0.398. The van der Waals surface area contributed by atoms with Crippen molar-refractivity contribution < 1.29 is 19.0 Å². The maximum atomic E-state index is 14.0. The monoisotopic (exact) mass is 628 g/mol. The molecule has 228 valence electrons. The van der Waals surface area contributed by atoms with Gasteiger partial charge in [-0.05, 0) is 17.9 Å². The molecule has 2 aromatic heterocycles. The number of nitriles is 1. The topological polar surface area (TPSA) is 132 Å². The van der Waals surface area contributed by atoms with Crippen LogP contribution in [0.25, 0.3) is 22.2 Å². The molecule has 43 heavy (non-hydrogen) atoms. The summed E-state index contributed by atoms with van der Waals surface area (Å²) in [5.74, 6) is 0.629. The number of benzene rings is 1. The normalized spacial score (nSPS) is 15.5. The van der Waals surface area contributed by atoms with Gasteiger partial charge in [-0.3, -0.25) is 14.2 Å². The fourth-order valence-corrected chi connectivity index (χ4v) is 5.60. The Kier molecular flexibility index (Phi) is 9.85. The lowest BCUT2D eigenvalue weighted by atomic mass is 9.93. The third-order valence-electron chi connectivity index (χ3n) is 6.92. The van der Waals surface area contributed by atoms with Gasteiger partial charge in [0.15, 0.2) is 0 Å². The molecule has 11 nitrogen and oxygen atoms in total. The highest BCUT2D eigenvalue weighted by atomic mass is 35.5. The Morgan fingerprint density at radius 3 is 2.47 bits per heavy atom. The fourth-order valence-electron chi connectivity index (χ4n) is 4.89. The van der Waals surface area contributed by atoms with E-state index in [0.29, 0.717) is 48.0 Å². The van der Waals surface area contributed by atoms with E-state index in [1.165, 1.54) is 18.8 Å². The molecule has 0 bridgehead atoms. The zero-order chi connectivity index (χ0) is 31.5. The van der Waals surface area contributed by atoms with Gasteiger partial charge in [-0.15, -0.1) is 0 Å². The Bertz CT molecular complexity index is 1650. The molecule has 1 aliphatic rings. The van der Waals surface area contributed by atoms with Gasteiger partial charge in [0.1, 0.15) is 28.8 Å². The molecule has 1 unspecified atom stereocenters. The van der Waals surface area contributed by atoms with E-state index in [9.17, 15) is 14.9 Å². The number of carbonyl (C=O) groups excluding carboxylic acids is 1. The smallest absolute Gasteiger partial charge is 0.264 e. The van der Waals surface area contributed by atoms with Gasteiger partial charge in [0.25, 0.3) is 11.5 Å². The number of hydrogen-bond acceptors (Lipinski definition) is 9. The number of likely N-dealkylation sites (tertiary alicyclic amines) is 1. The predicted octanol–water partition coefficient (Wildman–Crippen LogP) is 4.94. The Hall–Kier alpha value is -3.85. The van der Waals surface area contributed by atoms with E-state index >= 15 is 0 Å². The number of nitrogens with zero attached hydrogens (tertiary/aromatic N) is 5. The summed E-state index contributed by atoms with van der Waals surface area (Å²) in [5.41, 5.74) is 0.295. The number of hydrogen-bond donors (Lipinski definition) is 1. The summed E-state index contributed by atoms with van der Waals surface area (Å²) >= 11 is 13.3. The minimum Gasteiger partial charge on any atom is -0.495 e. The first kappa shape index (κ1) is 32.1. The quantitative estimate of drug-likeness (QED) is 0.258. The van der Waals surface area contributed by atoms with Crippen LogP contribution in [0.15, 0.2) is 34.8 Å². The van der Waals surface area contributed by atoms with E-state index in [4.69, 9.17) is 37.4 Å². The van der Waals surface area contributed by atoms with Crippen molar-refractivity contribution in [3.63, 3.8) is 0 Å². The average molecular weight is 630 g/mol. The van der Waals surface area contributed by atoms with E-state index in [1.54, 1.807) is 36.4 Å². The number of ether oxygens (including phenoxy) is 3. The van der Waals surface area contributed by atoms with Crippen LogP contribution >= 0.6 is 23.2 Å². The fraction of sp³-hybridized carbons (Fsp3) is 0.433. The number of allylic oxidation sites excluding steroid dienone is 1. The number of methoxy groups -OCH3 is 2. The van der Waals surface area contributed by atoms with Gasteiger partial charge in [-0.25, -0.2) is 4.98 Å². The number of rotatable bonds is 9. The molecule has 1 fully saturated rings. The molecule has 1 saturated heterocycles. The van der Waals surface area contributed by atoms with Crippen molar-refractivity contribution in [2.45, 2.75) is 39.8 Å². The van der Waals surface area contributed by atoms with Crippen LogP contribution in [0.2, 0.25) is 10.0 Å². The number of amides is 1. The molecule has 0 saturated carbocycles. The first-order chi connectivity index (χ1) is 20.4. The summed E-state index contributed by atoms with van der Waals surface area (Å²) in [4.78, 5) is 37.4. The van der Waals surface area contributed by atoms with Crippen molar-refractivity contribution in [2.75, 3.05) is 46.3 Å². The molecule has 4 rings (SSSR count). The summed E-state index contributed by atoms with van der Waals surface area (Å²) in [6.07, 6.45) is 3.64. The molecular weight excluding hydrogens is 595 g/mol. The van der Waals surface area contributed by atoms with Crippen LogP contribution in [0.1, 0.15) is 27.2 Å². The van der Waals surface area contributed by atoms with E-state index in [2.05, 4.69) is 15.3 Å². The maximum absolute atomic E-state index is 14.0. The molecule has 0 spiro atoms. The van der Waals surface area contributed by atoms with Crippen LogP contribution < -0.4 is 20.3 Å². The summed E-state index contributed by atoms with van der Waals surface area (Å²) < 4.78 is 18.4. The molecular formula is C30H34Cl2N6O5. The molecule has 0 aliphatic carbocycles. The molecule has 1 aliphatic heterocycles. The van der Waals surface area contributed by atoms with Crippen molar-refractivity contribution in [3.05, 3.63) is 50.4 Å². The first-order valence-corrected chi connectivity index (χ1v) is 14.4. The van der Waals surface area contributed by atoms with Gasteiger partial charge < -0.3 is 24.4 Å². The number of halogens is 2. The predicted molar refractivity (Wildman–Crippen MR) is 166 cm³/mol. The van der Waals surface area contributed by atoms with Crippen LogP contribution in [0, 0.1) is 16.7 Å². The van der Waals surface area contributed by atoms with Crippen LogP contribution in [0.3, 0.4) is 0 Å². The standard InChI is InChI=1S/C30H34Cl2N6O5/c1-30(2,3)13-18(14-33)27(39)37-8-7-19(16-37)43-10-9-38-26-17(15-35-29(34-4)36-26)11-20(28(38)40)23-24(31)21(41-5)12-22(42-6)25(23)32/h11-13,15,19H,7-10,16H2,1-6H3,(H,34,35,36). The van der Waals surface area contributed by atoms with Crippen molar-refractivity contribution in [3.8, 4) is 28.7 Å². The van der Waals surface area contributed by atoms with Crippen molar-refractivity contribution >= 4 is 46.1 Å². The Morgan fingerprint density at radius 2 is 1.88 bits per heavy atom. The van der Waals surface area contributed by atoms with Gasteiger partial charge in [0, 0.05) is 43.4 Å². The highest BCUT2D eigenvalue weighted by Gasteiger charge is 2.30. The molecule has 3 heterocycles. The highest BCUT2D eigenvalue weighted by molar-refractivity contribution is 6.41. The van der Waals surface area contributed by atoms with Crippen LogP contribution in [-0.2, 0) is 16.1 Å². The van der Waals surface area contributed by atoms with Gasteiger partial charge in [0.05, 0.1) is 49.1 Å². The molecule has 1 aromatic carbocycles. The maximum Gasteiger partial charge on any atom is 0.264 e. The zero-order valence-electron chi connectivity index (χ0n) is 25.0. The highest BCUT2D eigenvalue weighted by Crippen LogP contribution is 2.45. The first-order valence-electron chi connectivity index (χ1n) is 13.6. The number of anilines is 1. The summed E-state index contributed by atoms with van der Waals surface area (Å²) in [5, 5.41) is 13.3. The Labute approximate surface area is 260 Å². The lowest BCUT2D eigenvalue weighted by Crippen LogP contribution is -2.32. The third kappa shape index (κ3) is 6.88. The number of nitrogens with one attached hydrogen (secondary N) is 1. The Balaban J connectivity index is 1.64. The van der Waals surface area contributed by atoms with Gasteiger partial charge in [-0.1, -0.05) is 50.0 Å². The van der Waals surface area contributed by atoms with E-state index < -0.39 is 5.56 Å². The number of aromatic nitrogens is 3. The summed E-state index contributed by atoms with van der Waals surface area (Å²) in [6.45, 7) is 6.94. The van der Waals surface area contributed by atoms with Crippen LogP contribution in [0.5, 0.6) is 11.5 Å². The SMILES string of the molecule is CNc1ncc2cc(-c3c(Cl)c(OC)cc(OC)c3Cl)c(=O)n(CCOC3CCN(C(=O)C(C#N)=CC(C)(C)C)C3)c2n1. The van der Waals surface area contributed by atoms with Gasteiger partial charge in [0.2, 0.25) is 5.95 Å². The molecule has 1 amide bonds. The molecule has 3 aromatic rings. The van der Waals surface area contributed by atoms with Crippen LogP contribution in [-0.4, -0.2) is 72.4 Å². The summed E-state index contributed by atoms with van der Waals surface area (Å²) in [7, 11) is 4.60. The minimum absolute atomic E-state index is 0.120. The van der Waals surface area contributed by atoms with Crippen molar-refractivity contribution in [2.24, 2.45) is 5.41 Å². The second-order valence-electron chi connectivity index (χ2n) is 11.1. The number of fused-ring (bicyclic) bond motifs is 1. The third-order valence-corrected chi connectivity index (χ3v) is 7.67. The molecule has 0 radical (unpaired) electrons. The Morgan fingerprint density at radius 1 is 1.21 bits per heavy atom. The van der Waals surface area contributed by atoms with E-state index in [0.717, 1.165) is 0 Å². The number of carbonyl (C=O) groups is 1. The van der Waals surface area contributed by atoms with E-state index in [1.807, 2.05) is 26.8 Å². The zero-order valence-corrected chi connectivity index (χ0v) is 26.5. The second kappa shape index (κ2) is 13.2. The van der Waals surface area contributed by atoms with Gasteiger partial charge in [-0.2, -0.15) is 10.2 Å². The second-order valence-corrected chi connectivity index (χ2v) is 11.8. The summed E-state index contributed by atoms with van der Waals surface area (Å²) in [6, 6.07) is 5.22. The molecule has 1 atom stereocenters.